The summed E-state index contributed by atoms with van der Waals surface area (Å²) in [5.74, 6) is 3.39. The van der Waals surface area contributed by atoms with Crippen LogP contribution in [0.1, 0.15) is 30.9 Å². The highest BCUT2D eigenvalue weighted by atomic mass is 127. The Morgan fingerprint density at radius 1 is 1.38 bits per heavy atom. The van der Waals surface area contributed by atoms with E-state index in [9.17, 15) is 0 Å². The molecule has 0 amide bonds. The normalized spacial score (nSPS) is 15.6. The molecule has 2 heterocycles. The van der Waals surface area contributed by atoms with Crippen LogP contribution in [0.4, 0.5) is 0 Å². The first-order chi connectivity index (χ1) is 12.1. The number of hydrogen-bond donors (Lipinski definition) is 1. The molecule has 0 spiro atoms. The molecule has 2 rings (SSSR count). The summed E-state index contributed by atoms with van der Waals surface area (Å²) < 4.78 is 12.5. The zero-order chi connectivity index (χ0) is 18.1. The minimum absolute atomic E-state index is 0. The second-order valence-corrected chi connectivity index (χ2v) is 6.55. The van der Waals surface area contributed by atoms with Crippen LogP contribution in [0.2, 0.25) is 0 Å². The lowest BCUT2D eigenvalue weighted by molar-refractivity contribution is 0.0625. The molecule has 9 heteroatoms. The molecule has 1 aliphatic heterocycles. The lowest BCUT2D eigenvalue weighted by atomic mass is 9.96. The van der Waals surface area contributed by atoms with E-state index in [1.165, 1.54) is 0 Å². The van der Waals surface area contributed by atoms with Crippen LogP contribution in [0.3, 0.4) is 0 Å². The summed E-state index contributed by atoms with van der Waals surface area (Å²) in [5, 5.41) is 11.6. The molecule has 0 atom stereocenters. The SMILES string of the molecule is COCCNC(=NCc1nnc(C)n1C)N(C)CCC1CCOCC1.I. The number of nitrogens with zero attached hydrogens (tertiary/aromatic N) is 5. The maximum atomic E-state index is 5.44. The second kappa shape index (κ2) is 12.4. The topological polar surface area (TPSA) is 76.8 Å². The number of hydrogen-bond acceptors (Lipinski definition) is 5. The van der Waals surface area contributed by atoms with Crippen molar-refractivity contribution in [3.8, 4) is 0 Å². The first-order valence-corrected chi connectivity index (χ1v) is 9.02. The molecule has 1 N–H and O–H groups in total. The van der Waals surface area contributed by atoms with E-state index in [1.807, 2.05) is 18.5 Å². The minimum Gasteiger partial charge on any atom is -0.383 e. The van der Waals surface area contributed by atoms with E-state index in [-0.39, 0.29) is 24.0 Å². The molecule has 1 fully saturated rings. The van der Waals surface area contributed by atoms with Gasteiger partial charge in [-0.15, -0.1) is 34.2 Å². The van der Waals surface area contributed by atoms with Gasteiger partial charge in [-0.1, -0.05) is 0 Å². The van der Waals surface area contributed by atoms with Gasteiger partial charge in [0.1, 0.15) is 12.4 Å². The van der Waals surface area contributed by atoms with E-state index >= 15 is 0 Å². The number of ether oxygens (including phenoxy) is 2. The Kier molecular flexibility index (Phi) is 11.1. The van der Waals surface area contributed by atoms with Crippen molar-refractivity contribution in [2.75, 3.05) is 47.1 Å². The fourth-order valence-electron chi connectivity index (χ4n) is 2.83. The van der Waals surface area contributed by atoms with Gasteiger partial charge in [0.2, 0.25) is 0 Å². The molecule has 0 aliphatic carbocycles. The van der Waals surface area contributed by atoms with Gasteiger partial charge < -0.3 is 24.3 Å². The van der Waals surface area contributed by atoms with Gasteiger partial charge in [-0.3, -0.25) is 0 Å². The largest absolute Gasteiger partial charge is 0.383 e. The molecular formula is C17H33IN6O2. The lowest BCUT2D eigenvalue weighted by Crippen LogP contribution is -2.41. The summed E-state index contributed by atoms with van der Waals surface area (Å²) in [6.07, 6.45) is 3.49. The number of guanidine groups is 1. The number of aryl methyl sites for hydroxylation is 1. The van der Waals surface area contributed by atoms with Gasteiger partial charge >= 0.3 is 0 Å². The van der Waals surface area contributed by atoms with E-state index in [1.54, 1.807) is 7.11 Å². The van der Waals surface area contributed by atoms with E-state index in [2.05, 4.69) is 27.5 Å². The maximum Gasteiger partial charge on any atom is 0.194 e. The average Bonchev–Trinajstić information content (AvgIpc) is 2.95. The summed E-state index contributed by atoms with van der Waals surface area (Å²) in [7, 11) is 5.75. The third kappa shape index (κ3) is 7.36. The average molecular weight is 480 g/mol. The molecule has 26 heavy (non-hydrogen) atoms. The van der Waals surface area contributed by atoms with Crippen LogP contribution in [0.5, 0.6) is 0 Å². The molecule has 1 aromatic heterocycles. The lowest BCUT2D eigenvalue weighted by Gasteiger charge is -2.27. The third-order valence-corrected chi connectivity index (χ3v) is 4.72. The van der Waals surface area contributed by atoms with Crippen molar-refractivity contribution in [3.63, 3.8) is 0 Å². The van der Waals surface area contributed by atoms with Crippen molar-refractivity contribution in [1.29, 1.82) is 0 Å². The Labute approximate surface area is 173 Å². The van der Waals surface area contributed by atoms with Gasteiger partial charge in [0.05, 0.1) is 6.61 Å². The van der Waals surface area contributed by atoms with Crippen LogP contribution < -0.4 is 5.32 Å². The zero-order valence-electron chi connectivity index (χ0n) is 16.4. The Balaban J connectivity index is 0.00000338. The van der Waals surface area contributed by atoms with E-state index in [0.717, 1.165) is 69.1 Å². The predicted molar refractivity (Wildman–Crippen MR) is 113 cm³/mol. The van der Waals surface area contributed by atoms with Crippen LogP contribution in [-0.4, -0.2) is 72.7 Å². The zero-order valence-corrected chi connectivity index (χ0v) is 18.7. The smallest absolute Gasteiger partial charge is 0.194 e. The Bertz CT molecular complexity index is 545. The molecule has 1 aromatic rings. The molecule has 0 aromatic carbocycles. The Morgan fingerprint density at radius 2 is 2.12 bits per heavy atom. The maximum absolute atomic E-state index is 5.44. The quantitative estimate of drug-likeness (QED) is 0.264. The van der Waals surface area contributed by atoms with Crippen LogP contribution >= 0.6 is 24.0 Å². The first kappa shape index (κ1) is 23.1. The molecule has 0 bridgehead atoms. The van der Waals surface area contributed by atoms with Gasteiger partial charge in [0.25, 0.3) is 0 Å². The molecule has 8 nitrogen and oxygen atoms in total. The molecular weight excluding hydrogens is 447 g/mol. The van der Waals surface area contributed by atoms with Crippen molar-refractivity contribution in [2.45, 2.75) is 32.7 Å². The summed E-state index contributed by atoms with van der Waals surface area (Å²) in [6, 6.07) is 0. The molecule has 150 valence electrons. The van der Waals surface area contributed by atoms with Crippen LogP contribution in [-0.2, 0) is 23.1 Å². The highest BCUT2D eigenvalue weighted by Gasteiger charge is 2.15. The summed E-state index contributed by atoms with van der Waals surface area (Å²) >= 11 is 0. The standard InChI is InChI=1S/C17H32N6O2.HI/c1-14-20-21-16(23(14)3)13-19-17(18-8-12-24-4)22(2)9-5-15-6-10-25-11-7-15;/h15H,5-13H2,1-4H3,(H,18,19);1H. The van der Waals surface area contributed by atoms with Crippen LogP contribution in [0, 0.1) is 12.8 Å². The van der Waals surface area contributed by atoms with Crippen LogP contribution in [0.15, 0.2) is 4.99 Å². The van der Waals surface area contributed by atoms with Crippen molar-refractivity contribution in [3.05, 3.63) is 11.6 Å². The van der Waals surface area contributed by atoms with Crippen molar-refractivity contribution >= 4 is 29.9 Å². The third-order valence-electron chi connectivity index (χ3n) is 4.72. The Morgan fingerprint density at radius 3 is 2.73 bits per heavy atom. The number of aromatic nitrogens is 3. The number of rotatable bonds is 8. The van der Waals surface area contributed by atoms with Gasteiger partial charge in [-0.25, -0.2) is 4.99 Å². The minimum atomic E-state index is 0. The van der Waals surface area contributed by atoms with Crippen molar-refractivity contribution in [1.82, 2.24) is 25.0 Å². The number of aliphatic imine (C=N–C) groups is 1. The van der Waals surface area contributed by atoms with Gasteiger partial charge in [-0.2, -0.15) is 0 Å². The number of halogens is 1. The summed E-state index contributed by atoms with van der Waals surface area (Å²) in [4.78, 5) is 6.92. The van der Waals surface area contributed by atoms with Crippen LogP contribution in [0.25, 0.3) is 0 Å². The van der Waals surface area contributed by atoms with E-state index in [4.69, 9.17) is 14.5 Å². The van der Waals surface area contributed by atoms with Crippen molar-refractivity contribution < 1.29 is 9.47 Å². The highest BCUT2D eigenvalue weighted by molar-refractivity contribution is 14.0. The summed E-state index contributed by atoms with van der Waals surface area (Å²) in [6.45, 7) is 6.60. The number of nitrogens with one attached hydrogen (secondary N) is 1. The molecule has 0 saturated carbocycles. The molecule has 1 aliphatic rings. The predicted octanol–water partition coefficient (Wildman–Crippen LogP) is 1.58. The van der Waals surface area contributed by atoms with Gasteiger partial charge in [-0.05, 0) is 32.1 Å². The van der Waals surface area contributed by atoms with Gasteiger partial charge in [0, 0.05) is 47.5 Å². The fourth-order valence-corrected chi connectivity index (χ4v) is 2.83. The monoisotopic (exact) mass is 480 g/mol. The summed E-state index contributed by atoms with van der Waals surface area (Å²) in [5.41, 5.74) is 0. The molecule has 0 radical (unpaired) electrons. The van der Waals surface area contributed by atoms with Gasteiger partial charge in [0.15, 0.2) is 11.8 Å². The van der Waals surface area contributed by atoms with E-state index < -0.39 is 0 Å². The Hall–Kier alpha value is -0.940. The first-order valence-electron chi connectivity index (χ1n) is 9.02. The number of methoxy groups -OCH3 is 1. The van der Waals surface area contributed by atoms with E-state index in [0.29, 0.717) is 13.2 Å². The highest BCUT2D eigenvalue weighted by Crippen LogP contribution is 2.18. The fraction of sp³-hybridized carbons (Fsp3) is 0.824. The molecule has 1 saturated heterocycles. The molecule has 0 unspecified atom stereocenters. The second-order valence-electron chi connectivity index (χ2n) is 6.55. The van der Waals surface area contributed by atoms with Crippen molar-refractivity contribution in [2.24, 2.45) is 18.0 Å².